The number of unbranched alkanes of at least 4 members (excludes halogenated alkanes) is 25. The van der Waals surface area contributed by atoms with E-state index in [1.165, 1.54) is 148 Å². The molecule has 0 spiro atoms. The lowest BCUT2D eigenvalue weighted by molar-refractivity contribution is -0.153. The molecular formula is C41H80NO7P. The molecule has 0 bridgehead atoms. The molecule has 8 nitrogen and oxygen atoms in total. The van der Waals surface area contributed by atoms with E-state index in [0.717, 1.165) is 32.1 Å². The predicted molar refractivity (Wildman–Crippen MR) is 210 cm³/mol. The molecule has 0 heterocycles. The van der Waals surface area contributed by atoms with Crippen molar-refractivity contribution in [2.45, 2.75) is 206 Å². The van der Waals surface area contributed by atoms with Crippen molar-refractivity contribution in [2.75, 3.05) is 26.4 Å². The molecule has 0 aromatic carbocycles. The van der Waals surface area contributed by atoms with Gasteiger partial charge in [0.05, 0.1) is 19.5 Å². The van der Waals surface area contributed by atoms with Gasteiger partial charge in [-0.15, -0.1) is 0 Å². The van der Waals surface area contributed by atoms with Crippen LogP contribution in [0.4, 0.5) is 0 Å². The summed E-state index contributed by atoms with van der Waals surface area (Å²) in [6.07, 6.45) is 42.8. The van der Waals surface area contributed by atoms with Gasteiger partial charge in [0.1, 0.15) is 6.61 Å². The highest BCUT2D eigenvalue weighted by Gasteiger charge is 2.25. The van der Waals surface area contributed by atoms with Gasteiger partial charge in [-0.3, -0.25) is 13.8 Å². The van der Waals surface area contributed by atoms with Crippen molar-refractivity contribution >= 4 is 13.8 Å². The zero-order valence-electron chi connectivity index (χ0n) is 32.6. The molecule has 296 valence electrons. The second kappa shape index (κ2) is 39.0. The lowest BCUT2D eigenvalue weighted by Gasteiger charge is -2.19. The highest BCUT2D eigenvalue weighted by atomic mass is 31.2. The average Bonchev–Trinajstić information content (AvgIpc) is 3.10. The van der Waals surface area contributed by atoms with Gasteiger partial charge < -0.3 is 20.1 Å². The fourth-order valence-corrected chi connectivity index (χ4v) is 6.60. The minimum absolute atomic E-state index is 0.0335. The van der Waals surface area contributed by atoms with Crippen LogP contribution in [-0.2, 0) is 27.9 Å². The zero-order valence-corrected chi connectivity index (χ0v) is 33.5. The summed E-state index contributed by atoms with van der Waals surface area (Å²) in [5.41, 5.74) is 5.36. The Labute approximate surface area is 308 Å². The minimum atomic E-state index is -4.29. The first-order chi connectivity index (χ1) is 24.4. The Hall–Kier alpha value is -1.18. The third kappa shape index (κ3) is 38.1. The minimum Gasteiger partial charge on any atom is -0.498 e. The smallest absolute Gasteiger partial charge is 0.472 e. The molecule has 2 atom stereocenters. The summed E-state index contributed by atoms with van der Waals surface area (Å²) in [7, 11) is -4.29. The SMILES string of the molecule is CCCCCCCC/C=C\CCCCCCCCCC(=O)O[C@H](CO/C=C\CCCCCCCCCCCCCC)COP(=O)(O)OCCN. The van der Waals surface area contributed by atoms with E-state index < -0.39 is 13.9 Å². The van der Waals surface area contributed by atoms with E-state index in [2.05, 4.69) is 26.0 Å². The lowest BCUT2D eigenvalue weighted by Crippen LogP contribution is -2.27. The maximum absolute atomic E-state index is 12.5. The number of allylic oxidation sites excluding steroid dienone is 3. The monoisotopic (exact) mass is 730 g/mol. The Balaban J connectivity index is 4.09. The molecule has 1 unspecified atom stereocenters. The molecule has 0 rings (SSSR count). The summed E-state index contributed by atoms with van der Waals surface area (Å²) in [6, 6.07) is 0. The van der Waals surface area contributed by atoms with Gasteiger partial charge in [-0.05, 0) is 51.0 Å². The predicted octanol–water partition coefficient (Wildman–Crippen LogP) is 12.4. The molecule has 0 fully saturated rings. The number of nitrogens with two attached hydrogens (primary N) is 1. The first kappa shape index (κ1) is 48.8. The van der Waals surface area contributed by atoms with E-state index in [1.807, 2.05) is 6.08 Å². The first-order valence-corrected chi connectivity index (χ1v) is 22.4. The number of phosphoric ester groups is 1. The molecule has 0 saturated carbocycles. The molecule has 0 aliphatic heterocycles. The summed E-state index contributed by atoms with van der Waals surface area (Å²) < 4.78 is 33.1. The van der Waals surface area contributed by atoms with Crippen molar-refractivity contribution in [1.29, 1.82) is 0 Å². The van der Waals surface area contributed by atoms with Crippen LogP contribution >= 0.6 is 7.82 Å². The van der Waals surface area contributed by atoms with E-state index in [1.54, 1.807) is 6.26 Å². The fraction of sp³-hybridized carbons (Fsp3) is 0.878. The molecule has 50 heavy (non-hydrogen) atoms. The maximum atomic E-state index is 12.5. The van der Waals surface area contributed by atoms with Crippen molar-refractivity contribution in [3.63, 3.8) is 0 Å². The third-order valence-electron chi connectivity index (χ3n) is 8.94. The summed E-state index contributed by atoms with van der Waals surface area (Å²) in [5, 5.41) is 0. The Morgan fingerprint density at radius 2 is 1.02 bits per heavy atom. The summed E-state index contributed by atoms with van der Waals surface area (Å²) in [5.74, 6) is -0.355. The van der Waals surface area contributed by atoms with Crippen LogP contribution < -0.4 is 5.73 Å². The Morgan fingerprint density at radius 1 is 0.600 bits per heavy atom. The molecule has 3 N–H and O–H groups in total. The van der Waals surface area contributed by atoms with Crippen molar-refractivity contribution in [1.82, 2.24) is 0 Å². The van der Waals surface area contributed by atoms with Crippen LogP contribution in [0.1, 0.15) is 200 Å². The fourth-order valence-electron chi connectivity index (χ4n) is 5.84. The molecule has 0 aromatic heterocycles. The molecule has 0 amide bonds. The largest absolute Gasteiger partial charge is 0.498 e. The van der Waals surface area contributed by atoms with Gasteiger partial charge in [-0.2, -0.15) is 0 Å². The topological polar surface area (TPSA) is 117 Å². The number of carbonyl (C=O) groups excluding carboxylic acids is 1. The molecule has 0 aromatic rings. The van der Waals surface area contributed by atoms with E-state index in [9.17, 15) is 14.3 Å². The van der Waals surface area contributed by atoms with Crippen molar-refractivity contribution in [3.05, 3.63) is 24.5 Å². The summed E-state index contributed by atoms with van der Waals surface area (Å²) >= 11 is 0. The van der Waals surface area contributed by atoms with Crippen LogP contribution in [0, 0.1) is 0 Å². The number of hydrogen-bond acceptors (Lipinski definition) is 7. The standard InChI is InChI=1S/C41H80NO7P/c1-3-5-7-9-11-13-15-17-19-20-21-22-24-26-28-30-32-34-41(43)49-40(39-48-50(44,45)47-37-35-42)38-46-36-33-31-29-27-25-23-18-16-14-12-10-8-6-4-2/h17,19,33,36,40H,3-16,18,20-32,34-35,37-39,42H2,1-2H3,(H,44,45)/b19-17-,36-33-/t40-/m1/s1. The van der Waals surface area contributed by atoms with Crippen molar-refractivity contribution < 1.29 is 32.8 Å². The van der Waals surface area contributed by atoms with Crippen LogP contribution in [0.2, 0.25) is 0 Å². The number of esters is 1. The number of phosphoric acid groups is 1. The lowest BCUT2D eigenvalue weighted by atomic mass is 10.0. The van der Waals surface area contributed by atoms with Crippen LogP contribution in [0.3, 0.4) is 0 Å². The number of carbonyl (C=O) groups is 1. The van der Waals surface area contributed by atoms with E-state index in [-0.39, 0.29) is 32.3 Å². The van der Waals surface area contributed by atoms with Crippen LogP contribution in [-0.4, -0.2) is 43.3 Å². The molecular weight excluding hydrogens is 649 g/mol. The van der Waals surface area contributed by atoms with Crippen molar-refractivity contribution in [3.8, 4) is 0 Å². The average molecular weight is 730 g/mol. The molecule has 9 heteroatoms. The molecule has 0 radical (unpaired) electrons. The maximum Gasteiger partial charge on any atom is 0.472 e. The number of ether oxygens (including phenoxy) is 2. The van der Waals surface area contributed by atoms with Gasteiger partial charge in [0, 0.05) is 13.0 Å². The summed E-state index contributed by atoms with van der Waals surface area (Å²) in [6.45, 7) is 4.24. The second-order valence-electron chi connectivity index (χ2n) is 13.9. The first-order valence-electron chi connectivity index (χ1n) is 20.9. The van der Waals surface area contributed by atoms with Gasteiger partial charge in [0.15, 0.2) is 6.10 Å². The van der Waals surface area contributed by atoms with Crippen molar-refractivity contribution in [2.24, 2.45) is 5.73 Å². The van der Waals surface area contributed by atoms with E-state index in [4.69, 9.17) is 24.3 Å². The molecule has 0 saturated heterocycles. The highest BCUT2D eigenvalue weighted by Crippen LogP contribution is 2.43. The van der Waals surface area contributed by atoms with E-state index >= 15 is 0 Å². The van der Waals surface area contributed by atoms with Gasteiger partial charge in [0.2, 0.25) is 0 Å². The third-order valence-corrected chi connectivity index (χ3v) is 9.92. The second-order valence-corrected chi connectivity index (χ2v) is 15.4. The normalized spacial score (nSPS) is 13.7. The zero-order chi connectivity index (χ0) is 36.6. The number of hydrogen-bond donors (Lipinski definition) is 2. The Bertz CT molecular complexity index is 823. The van der Waals surface area contributed by atoms with Gasteiger partial charge in [-0.25, -0.2) is 4.57 Å². The van der Waals surface area contributed by atoms with Gasteiger partial charge in [0.25, 0.3) is 0 Å². The quantitative estimate of drug-likeness (QED) is 0.0210. The van der Waals surface area contributed by atoms with Gasteiger partial charge >= 0.3 is 13.8 Å². The van der Waals surface area contributed by atoms with Crippen LogP contribution in [0.15, 0.2) is 24.5 Å². The van der Waals surface area contributed by atoms with Crippen LogP contribution in [0.25, 0.3) is 0 Å². The molecule has 0 aliphatic rings. The molecule has 0 aliphatic carbocycles. The Morgan fingerprint density at radius 3 is 1.48 bits per heavy atom. The van der Waals surface area contributed by atoms with Gasteiger partial charge in [-0.1, -0.05) is 161 Å². The number of rotatable bonds is 40. The highest BCUT2D eigenvalue weighted by molar-refractivity contribution is 7.47. The Kier molecular flexibility index (Phi) is 38.1. The summed E-state index contributed by atoms with van der Waals surface area (Å²) in [4.78, 5) is 22.4. The van der Waals surface area contributed by atoms with E-state index in [0.29, 0.717) is 6.42 Å². The van der Waals surface area contributed by atoms with Crippen LogP contribution in [0.5, 0.6) is 0 Å².